The highest BCUT2D eigenvalue weighted by Gasteiger charge is 2.34. The van der Waals surface area contributed by atoms with E-state index in [2.05, 4.69) is 18.7 Å². The minimum Gasteiger partial charge on any atom is -0.391 e. The second-order valence-corrected chi connectivity index (χ2v) is 5.87. The van der Waals surface area contributed by atoms with E-state index in [-0.39, 0.29) is 17.9 Å². The molecule has 0 aromatic rings. The minimum absolute atomic E-state index is 0.166. The number of hydrogen-bond acceptors (Lipinski definition) is 3. The highest BCUT2D eigenvalue weighted by molar-refractivity contribution is 5.79. The molecule has 2 atom stereocenters. The molecule has 0 aromatic carbocycles. The predicted octanol–water partition coefficient (Wildman–Crippen LogP) is 0.557. The van der Waals surface area contributed by atoms with Crippen LogP contribution in [0.15, 0.2) is 0 Å². The topological polar surface area (TPSA) is 43.8 Å². The Hall–Kier alpha value is -0.610. The number of aliphatic hydroxyl groups excluding tert-OH is 1. The van der Waals surface area contributed by atoms with E-state index < -0.39 is 0 Å². The molecule has 2 rings (SSSR count). The van der Waals surface area contributed by atoms with Gasteiger partial charge in [0, 0.05) is 26.2 Å². The zero-order valence-corrected chi connectivity index (χ0v) is 10.9. The summed E-state index contributed by atoms with van der Waals surface area (Å²) in [7, 11) is 0. The molecule has 4 heteroatoms. The number of aliphatic hydroxyl groups is 1. The average Bonchev–Trinajstić information content (AvgIpc) is 2.85. The Morgan fingerprint density at radius 3 is 2.65 bits per heavy atom. The molecule has 17 heavy (non-hydrogen) atoms. The molecule has 2 heterocycles. The highest BCUT2D eigenvalue weighted by Crippen LogP contribution is 2.22. The van der Waals surface area contributed by atoms with Crippen LogP contribution in [0.4, 0.5) is 0 Å². The van der Waals surface area contributed by atoms with Crippen LogP contribution in [-0.2, 0) is 4.79 Å². The van der Waals surface area contributed by atoms with Crippen LogP contribution in [0.3, 0.4) is 0 Å². The molecule has 1 unspecified atom stereocenters. The SMILES string of the molecule is CC(C)CN1CCC(C(=O)N2CC[C@H](O)C2)C1. The third-order valence-electron chi connectivity index (χ3n) is 3.72. The molecule has 0 saturated carbocycles. The number of rotatable bonds is 3. The number of nitrogens with zero attached hydrogens (tertiary/aromatic N) is 2. The van der Waals surface area contributed by atoms with Crippen molar-refractivity contribution in [1.82, 2.24) is 9.80 Å². The van der Waals surface area contributed by atoms with Crippen LogP contribution in [0, 0.1) is 11.8 Å². The van der Waals surface area contributed by atoms with E-state index in [0.29, 0.717) is 12.5 Å². The number of amides is 1. The number of carbonyl (C=O) groups is 1. The third kappa shape index (κ3) is 3.19. The molecular formula is C13H24N2O2. The van der Waals surface area contributed by atoms with Gasteiger partial charge in [0.15, 0.2) is 0 Å². The van der Waals surface area contributed by atoms with Crippen LogP contribution in [-0.4, -0.2) is 59.6 Å². The zero-order chi connectivity index (χ0) is 12.4. The minimum atomic E-state index is -0.299. The van der Waals surface area contributed by atoms with E-state index in [1.54, 1.807) is 0 Å². The largest absolute Gasteiger partial charge is 0.391 e. The summed E-state index contributed by atoms with van der Waals surface area (Å²) in [6, 6.07) is 0. The monoisotopic (exact) mass is 240 g/mol. The normalized spacial score (nSPS) is 30.5. The van der Waals surface area contributed by atoms with E-state index in [1.165, 1.54) is 0 Å². The van der Waals surface area contributed by atoms with Crippen molar-refractivity contribution in [2.45, 2.75) is 32.8 Å². The summed E-state index contributed by atoms with van der Waals surface area (Å²) in [6.07, 6.45) is 1.43. The van der Waals surface area contributed by atoms with Crippen LogP contribution in [0.2, 0.25) is 0 Å². The fourth-order valence-corrected chi connectivity index (χ4v) is 2.92. The first kappa shape index (κ1) is 12.8. The Morgan fingerprint density at radius 2 is 2.06 bits per heavy atom. The third-order valence-corrected chi connectivity index (χ3v) is 3.72. The fraction of sp³-hybridized carbons (Fsp3) is 0.923. The van der Waals surface area contributed by atoms with Crippen molar-refractivity contribution >= 4 is 5.91 Å². The lowest BCUT2D eigenvalue weighted by Crippen LogP contribution is -2.36. The number of β-amino-alcohol motifs (C(OH)–C–C–N with tert-alkyl or cyclic N) is 1. The molecular weight excluding hydrogens is 216 g/mol. The lowest BCUT2D eigenvalue weighted by molar-refractivity contribution is -0.134. The van der Waals surface area contributed by atoms with Gasteiger partial charge < -0.3 is 14.9 Å². The molecule has 1 N–H and O–H groups in total. The van der Waals surface area contributed by atoms with Crippen molar-refractivity contribution < 1.29 is 9.90 Å². The van der Waals surface area contributed by atoms with E-state index in [0.717, 1.165) is 39.0 Å². The van der Waals surface area contributed by atoms with Gasteiger partial charge in [0.1, 0.15) is 0 Å². The Kier molecular flexibility index (Phi) is 4.05. The Bertz CT molecular complexity index is 281. The molecule has 0 aliphatic carbocycles. The molecule has 1 amide bonds. The van der Waals surface area contributed by atoms with Crippen molar-refractivity contribution in [2.75, 3.05) is 32.7 Å². The van der Waals surface area contributed by atoms with Gasteiger partial charge in [-0.1, -0.05) is 13.8 Å². The van der Waals surface area contributed by atoms with Gasteiger partial charge in [0.05, 0.1) is 12.0 Å². The summed E-state index contributed by atoms with van der Waals surface area (Å²) in [5.41, 5.74) is 0. The van der Waals surface area contributed by atoms with Gasteiger partial charge in [-0.25, -0.2) is 0 Å². The summed E-state index contributed by atoms with van der Waals surface area (Å²) in [5.74, 6) is 1.09. The Balaban J connectivity index is 1.81. The molecule has 2 aliphatic rings. The van der Waals surface area contributed by atoms with Gasteiger partial charge in [-0.15, -0.1) is 0 Å². The summed E-state index contributed by atoms with van der Waals surface area (Å²) < 4.78 is 0. The fourth-order valence-electron chi connectivity index (χ4n) is 2.92. The lowest BCUT2D eigenvalue weighted by Gasteiger charge is -2.21. The second kappa shape index (κ2) is 5.36. The van der Waals surface area contributed by atoms with E-state index in [9.17, 15) is 9.90 Å². The van der Waals surface area contributed by atoms with Crippen molar-refractivity contribution in [3.05, 3.63) is 0 Å². The van der Waals surface area contributed by atoms with E-state index >= 15 is 0 Å². The zero-order valence-electron chi connectivity index (χ0n) is 10.9. The molecule has 2 aliphatic heterocycles. The van der Waals surface area contributed by atoms with E-state index in [4.69, 9.17) is 0 Å². The molecule has 2 fully saturated rings. The van der Waals surface area contributed by atoms with Gasteiger partial charge in [0.25, 0.3) is 0 Å². The second-order valence-electron chi connectivity index (χ2n) is 5.87. The van der Waals surface area contributed by atoms with Crippen molar-refractivity contribution in [3.63, 3.8) is 0 Å². The van der Waals surface area contributed by atoms with Gasteiger partial charge >= 0.3 is 0 Å². The van der Waals surface area contributed by atoms with Crippen LogP contribution < -0.4 is 0 Å². The molecule has 2 saturated heterocycles. The first-order chi connectivity index (χ1) is 8.06. The van der Waals surface area contributed by atoms with Gasteiger partial charge in [-0.3, -0.25) is 4.79 Å². The summed E-state index contributed by atoms with van der Waals surface area (Å²) in [6.45, 7) is 8.75. The number of hydrogen-bond donors (Lipinski definition) is 1. The summed E-state index contributed by atoms with van der Waals surface area (Å²) >= 11 is 0. The maximum atomic E-state index is 12.2. The maximum Gasteiger partial charge on any atom is 0.227 e. The summed E-state index contributed by atoms with van der Waals surface area (Å²) in [4.78, 5) is 16.4. The molecule has 0 radical (unpaired) electrons. The smallest absolute Gasteiger partial charge is 0.227 e. The number of carbonyl (C=O) groups excluding carboxylic acids is 1. The van der Waals surface area contributed by atoms with Crippen molar-refractivity contribution in [1.29, 1.82) is 0 Å². The Morgan fingerprint density at radius 1 is 1.29 bits per heavy atom. The van der Waals surface area contributed by atoms with Crippen LogP contribution in [0.5, 0.6) is 0 Å². The van der Waals surface area contributed by atoms with Gasteiger partial charge in [0.2, 0.25) is 5.91 Å². The standard InChI is InChI=1S/C13H24N2O2/c1-10(2)7-14-5-3-11(8-14)13(17)15-6-4-12(16)9-15/h10-12,16H,3-9H2,1-2H3/t11?,12-/m0/s1. The predicted molar refractivity (Wildman–Crippen MR) is 66.6 cm³/mol. The first-order valence-electron chi connectivity index (χ1n) is 6.75. The average molecular weight is 240 g/mol. The van der Waals surface area contributed by atoms with E-state index in [1.807, 2.05) is 4.90 Å². The molecule has 0 spiro atoms. The lowest BCUT2D eigenvalue weighted by atomic mass is 10.1. The Labute approximate surface area is 104 Å². The molecule has 0 bridgehead atoms. The van der Waals surface area contributed by atoms with Crippen molar-refractivity contribution in [3.8, 4) is 0 Å². The van der Waals surface area contributed by atoms with Crippen LogP contribution >= 0.6 is 0 Å². The summed E-state index contributed by atoms with van der Waals surface area (Å²) in [5, 5.41) is 9.46. The quantitative estimate of drug-likeness (QED) is 0.784. The van der Waals surface area contributed by atoms with Crippen LogP contribution in [0.25, 0.3) is 0 Å². The maximum absolute atomic E-state index is 12.2. The van der Waals surface area contributed by atoms with Gasteiger partial charge in [-0.2, -0.15) is 0 Å². The first-order valence-corrected chi connectivity index (χ1v) is 6.75. The molecule has 4 nitrogen and oxygen atoms in total. The number of likely N-dealkylation sites (tertiary alicyclic amines) is 2. The van der Waals surface area contributed by atoms with Crippen LogP contribution in [0.1, 0.15) is 26.7 Å². The molecule has 0 aromatic heterocycles. The highest BCUT2D eigenvalue weighted by atomic mass is 16.3. The van der Waals surface area contributed by atoms with Crippen molar-refractivity contribution in [2.24, 2.45) is 11.8 Å². The van der Waals surface area contributed by atoms with Gasteiger partial charge in [-0.05, 0) is 25.3 Å². The molecule has 98 valence electrons.